The summed E-state index contributed by atoms with van der Waals surface area (Å²) in [4.78, 5) is 20.8. The highest BCUT2D eigenvalue weighted by Crippen LogP contribution is 2.18. The number of morpholine rings is 3. The summed E-state index contributed by atoms with van der Waals surface area (Å²) >= 11 is 0. The Hall–Kier alpha value is -1.75. The van der Waals surface area contributed by atoms with E-state index in [0.29, 0.717) is 32.4 Å². The van der Waals surface area contributed by atoms with Crippen LogP contribution < -0.4 is 15.1 Å². The highest BCUT2D eigenvalue weighted by atomic mass is 16.5. The Morgan fingerprint density at radius 3 is 1.67 bits per heavy atom. The Kier molecular flexibility index (Phi) is 6.51. The normalized spacial score (nSPS) is 22.1. The molecule has 4 rings (SSSR count). The lowest BCUT2D eigenvalue weighted by atomic mass is 10.4. The van der Waals surface area contributed by atoms with Gasteiger partial charge >= 0.3 is 0 Å². The molecule has 0 bridgehead atoms. The number of rotatable bonds is 6. The number of nitrogens with zero attached hydrogens (tertiary/aromatic N) is 6. The van der Waals surface area contributed by atoms with Gasteiger partial charge in [-0.2, -0.15) is 15.0 Å². The highest BCUT2D eigenvalue weighted by molar-refractivity contribution is 5.45. The molecule has 27 heavy (non-hydrogen) atoms. The summed E-state index contributed by atoms with van der Waals surface area (Å²) in [5.74, 6) is 2.09. The molecule has 0 radical (unpaired) electrons. The first-order valence-electron chi connectivity index (χ1n) is 9.84. The molecule has 0 spiro atoms. The largest absolute Gasteiger partial charge is 0.379 e. The molecule has 0 amide bonds. The minimum Gasteiger partial charge on any atom is -0.379 e. The van der Waals surface area contributed by atoms with Gasteiger partial charge in [0.05, 0.1) is 39.6 Å². The second kappa shape index (κ2) is 9.45. The summed E-state index contributed by atoms with van der Waals surface area (Å²) in [6.07, 6.45) is 0. The van der Waals surface area contributed by atoms with Gasteiger partial charge in [-0.3, -0.25) is 4.90 Å². The van der Waals surface area contributed by atoms with Crippen molar-refractivity contribution in [3.05, 3.63) is 0 Å². The molecule has 3 saturated heterocycles. The molecule has 150 valence electrons. The Bertz CT molecular complexity index is 552. The van der Waals surface area contributed by atoms with Crippen molar-refractivity contribution in [3.63, 3.8) is 0 Å². The van der Waals surface area contributed by atoms with Crippen LogP contribution in [0.5, 0.6) is 0 Å². The van der Waals surface area contributed by atoms with Gasteiger partial charge in [0.2, 0.25) is 17.8 Å². The molecule has 3 aliphatic rings. The molecule has 1 aromatic rings. The number of ether oxygens (including phenoxy) is 3. The lowest BCUT2D eigenvalue weighted by Crippen LogP contribution is -2.40. The van der Waals surface area contributed by atoms with E-state index >= 15 is 0 Å². The van der Waals surface area contributed by atoms with E-state index in [1.165, 1.54) is 0 Å². The van der Waals surface area contributed by atoms with Crippen LogP contribution in [0.4, 0.5) is 17.8 Å². The van der Waals surface area contributed by atoms with Crippen LogP contribution in [-0.4, -0.2) is 112 Å². The number of nitrogens with one attached hydrogen (secondary N) is 1. The van der Waals surface area contributed by atoms with Crippen LogP contribution >= 0.6 is 0 Å². The summed E-state index contributed by atoms with van der Waals surface area (Å²) in [5, 5.41) is 3.39. The summed E-state index contributed by atoms with van der Waals surface area (Å²) in [6.45, 7) is 11.4. The second-order valence-electron chi connectivity index (χ2n) is 6.84. The quantitative estimate of drug-likeness (QED) is 0.684. The molecule has 0 aromatic carbocycles. The fraction of sp³-hybridized carbons (Fsp3) is 0.824. The minimum absolute atomic E-state index is 0.640. The van der Waals surface area contributed by atoms with Gasteiger partial charge in [-0.15, -0.1) is 0 Å². The molecule has 0 aliphatic carbocycles. The molecular weight excluding hydrogens is 350 g/mol. The van der Waals surface area contributed by atoms with Gasteiger partial charge in [0.1, 0.15) is 0 Å². The predicted molar refractivity (Wildman–Crippen MR) is 102 cm³/mol. The predicted octanol–water partition coefficient (Wildman–Crippen LogP) is -0.711. The smallest absolute Gasteiger partial charge is 0.232 e. The monoisotopic (exact) mass is 379 g/mol. The Labute approximate surface area is 159 Å². The number of hydrogen-bond acceptors (Lipinski definition) is 10. The van der Waals surface area contributed by atoms with Crippen molar-refractivity contribution in [1.29, 1.82) is 0 Å². The maximum atomic E-state index is 5.46. The summed E-state index contributed by atoms with van der Waals surface area (Å²) in [6, 6.07) is 0. The Balaban J connectivity index is 1.44. The van der Waals surface area contributed by atoms with Crippen molar-refractivity contribution >= 4 is 17.8 Å². The van der Waals surface area contributed by atoms with E-state index in [4.69, 9.17) is 19.2 Å². The lowest BCUT2D eigenvalue weighted by molar-refractivity contribution is 0.0398. The summed E-state index contributed by atoms with van der Waals surface area (Å²) in [5.41, 5.74) is 0. The molecule has 10 heteroatoms. The van der Waals surface area contributed by atoms with Gasteiger partial charge in [0.15, 0.2) is 0 Å². The van der Waals surface area contributed by atoms with Crippen molar-refractivity contribution in [3.8, 4) is 0 Å². The van der Waals surface area contributed by atoms with Crippen LogP contribution in [0.1, 0.15) is 0 Å². The van der Waals surface area contributed by atoms with Crippen molar-refractivity contribution in [2.24, 2.45) is 0 Å². The van der Waals surface area contributed by atoms with E-state index in [1.807, 2.05) is 0 Å². The van der Waals surface area contributed by atoms with E-state index in [-0.39, 0.29) is 0 Å². The van der Waals surface area contributed by atoms with Crippen LogP contribution in [0.15, 0.2) is 0 Å². The Morgan fingerprint density at radius 1 is 0.667 bits per heavy atom. The third kappa shape index (κ3) is 5.16. The van der Waals surface area contributed by atoms with Crippen molar-refractivity contribution in [1.82, 2.24) is 19.9 Å². The summed E-state index contributed by atoms with van der Waals surface area (Å²) in [7, 11) is 0. The van der Waals surface area contributed by atoms with E-state index < -0.39 is 0 Å². The molecule has 3 fully saturated rings. The van der Waals surface area contributed by atoms with Crippen molar-refractivity contribution in [2.45, 2.75) is 0 Å². The molecule has 3 aliphatic heterocycles. The minimum atomic E-state index is 0.640. The van der Waals surface area contributed by atoms with Crippen molar-refractivity contribution < 1.29 is 14.2 Å². The standard InChI is InChI=1S/C17H29N7O3/c1(2-22-3-9-25-10-4-22)18-15-19-16(23-5-11-26-12-6-23)21-17(20-15)24-7-13-27-14-8-24/h1-14H2,(H,18,19,20,21). The average molecular weight is 379 g/mol. The Morgan fingerprint density at radius 2 is 1.15 bits per heavy atom. The van der Waals surface area contributed by atoms with Crippen LogP contribution in [0.3, 0.4) is 0 Å². The average Bonchev–Trinajstić information content (AvgIpc) is 2.76. The van der Waals surface area contributed by atoms with Crippen LogP contribution in [-0.2, 0) is 14.2 Å². The molecule has 4 heterocycles. The maximum Gasteiger partial charge on any atom is 0.232 e. The molecule has 1 N–H and O–H groups in total. The SMILES string of the molecule is C(CN1CCOCC1)Nc1nc(N2CCOCC2)nc(N2CCOCC2)n1. The molecule has 0 atom stereocenters. The zero-order valence-corrected chi connectivity index (χ0v) is 15.8. The van der Waals surface area contributed by atoms with Gasteiger partial charge in [0, 0.05) is 52.4 Å². The van der Waals surface area contributed by atoms with Gasteiger partial charge in [0.25, 0.3) is 0 Å². The fourth-order valence-corrected chi connectivity index (χ4v) is 3.39. The first-order valence-corrected chi connectivity index (χ1v) is 9.84. The zero-order valence-electron chi connectivity index (χ0n) is 15.8. The maximum absolute atomic E-state index is 5.46. The van der Waals surface area contributed by atoms with E-state index in [2.05, 4.69) is 30.0 Å². The van der Waals surface area contributed by atoms with Gasteiger partial charge in [-0.25, -0.2) is 0 Å². The first-order chi connectivity index (χ1) is 13.4. The fourth-order valence-electron chi connectivity index (χ4n) is 3.39. The number of hydrogen-bond donors (Lipinski definition) is 1. The third-order valence-electron chi connectivity index (χ3n) is 5.01. The van der Waals surface area contributed by atoms with Crippen LogP contribution in [0, 0.1) is 0 Å². The van der Waals surface area contributed by atoms with Gasteiger partial charge in [-0.1, -0.05) is 0 Å². The van der Waals surface area contributed by atoms with Crippen LogP contribution in [0.2, 0.25) is 0 Å². The number of anilines is 3. The molecule has 1 aromatic heterocycles. The van der Waals surface area contributed by atoms with Crippen molar-refractivity contribution in [2.75, 3.05) is 107 Å². The van der Waals surface area contributed by atoms with E-state index in [9.17, 15) is 0 Å². The van der Waals surface area contributed by atoms with E-state index in [0.717, 1.165) is 77.5 Å². The molecular formula is C17H29N7O3. The van der Waals surface area contributed by atoms with Gasteiger partial charge in [-0.05, 0) is 0 Å². The van der Waals surface area contributed by atoms with E-state index in [1.54, 1.807) is 0 Å². The highest BCUT2D eigenvalue weighted by Gasteiger charge is 2.20. The third-order valence-corrected chi connectivity index (χ3v) is 5.01. The molecule has 0 saturated carbocycles. The van der Waals surface area contributed by atoms with Crippen LogP contribution in [0.25, 0.3) is 0 Å². The lowest BCUT2D eigenvalue weighted by Gasteiger charge is -2.30. The number of aromatic nitrogens is 3. The molecule has 0 unspecified atom stereocenters. The second-order valence-corrected chi connectivity index (χ2v) is 6.84. The topological polar surface area (TPSA) is 88.1 Å². The zero-order chi connectivity index (χ0) is 18.3. The molecule has 10 nitrogen and oxygen atoms in total. The van der Waals surface area contributed by atoms with Gasteiger partial charge < -0.3 is 29.3 Å². The summed E-state index contributed by atoms with van der Waals surface area (Å²) < 4.78 is 16.3. The first kappa shape index (κ1) is 18.6.